The molecular formula is C15H19N3O2S. The van der Waals surface area contributed by atoms with Gasteiger partial charge in [-0.05, 0) is 19.2 Å². The second kappa shape index (κ2) is 6.51. The summed E-state index contributed by atoms with van der Waals surface area (Å²) in [5.74, 6) is 0.168. The first-order chi connectivity index (χ1) is 10.2. The number of benzene rings is 1. The van der Waals surface area contributed by atoms with Crippen molar-refractivity contribution in [3.05, 3.63) is 29.3 Å². The number of amides is 1. The van der Waals surface area contributed by atoms with E-state index in [1.54, 1.807) is 11.3 Å². The number of rotatable bonds is 4. The Morgan fingerprint density at radius 3 is 2.90 bits per heavy atom. The zero-order valence-electron chi connectivity index (χ0n) is 12.1. The standard InChI is InChI=1S/C15H19N3O2S/c1-17(11-15(19)18-6-8-20-9-7-18)10-14-16-12-4-2-3-5-13(12)21-14/h2-5H,6-11H2,1H3. The maximum absolute atomic E-state index is 12.2. The monoisotopic (exact) mass is 305 g/mol. The zero-order valence-corrected chi connectivity index (χ0v) is 12.9. The van der Waals surface area contributed by atoms with Crippen LogP contribution in [0.1, 0.15) is 5.01 Å². The Morgan fingerprint density at radius 2 is 2.14 bits per heavy atom. The molecule has 0 atom stereocenters. The molecule has 21 heavy (non-hydrogen) atoms. The van der Waals surface area contributed by atoms with E-state index in [9.17, 15) is 4.79 Å². The largest absolute Gasteiger partial charge is 0.378 e. The molecule has 2 heterocycles. The highest BCUT2D eigenvalue weighted by atomic mass is 32.1. The lowest BCUT2D eigenvalue weighted by Crippen LogP contribution is -2.44. The van der Waals surface area contributed by atoms with Crippen LogP contribution in [0.5, 0.6) is 0 Å². The Labute approximate surface area is 128 Å². The molecule has 0 aliphatic carbocycles. The number of hydrogen-bond acceptors (Lipinski definition) is 5. The smallest absolute Gasteiger partial charge is 0.236 e. The number of nitrogens with zero attached hydrogens (tertiary/aromatic N) is 3. The molecule has 1 amide bonds. The quantitative estimate of drug-likeness (QED) is 0.860. The van der Waals surface area contributed by atoms with E-state index in [0.29, 0.717) is 39.4 Å². The summed E-state index contributed by atoms with van der Waals surface area (Å²) in [4.78, 5) is 20.7. The summed E-state index contributed by atoms with van der Waals surface area (Å²) in [5.41, 5.74) is 1.03. The molecule has 6 heteroatoms. The van der Waals surface area contributed by atoms with Gasteiger partial charge in [-0.2, -0.15) is 0 Å². The Hall–Kier alpha value is -1.50. The van der Waals surface area contributed by atoms with Crippen LogP contribution in [0.3, 0.4) is 0 Å². The highest BCUT2D eigenvalue weighted by molar-refractivity contribution is 7.18. The van der Waals surface area contributed by atoms with Crippen LogP contribution >= 0.6 is 11.3 Å². The van der Waals surface area contributed by atoms with Crippen LogP contribution in [0.25, 0.3) is 10.2 Å². The summed E-state index contributed by atoms with van der Waals surface area (Å²) >= 11 is 1.69. The van der Waals surface area contributed by atoms with E-state index in [-0.39, 0.29) is 5.91 Å². The number of para-hydroxylation sites is 1. The van der Waals surface area contributed by atoms with E-state index in [4.69, 9.17) is 4.74 Å². The number of hydrogen-bond donors (Lipinski definition) is 0. The molecule has 0 spiro atoms. The average Bonchev–Trinajstić information content (AvgIpc) is 2.90. The van der Waals surface area contributed by atoms with Gasteiger partial charge in [-0.15, -0.1) is 11.3 Å². The number of carbonyl (C=O) groups excluding carboxylic acids is 1. The van der Waals surface area contributed by atoms with Gasteiger partial charge >= 0.3 is 0 Å². The minimum absolute atomic E-state index is 0.168. The molecule has 1 saturated heterocycles. The second-order valence-electron chi connectivity index (χ2n) is 5.24. The molecule has 0 radical (unpaired) electrons. The molecule has 3 rings (SSSR count). The molecule has 0 saturated carbocycles. The van der Waals surface area contributed by atoms with Gasteiger partial charge in [-0.25, -0.2) is 4.98 Å². The number of fused-ring (bicyclic) bond motifs is 1. The fraction of sp³-hybridized carbons (Fsp3) is 0.467. The molecule has 0 N–H and O–H groups in total. The lowest BCUT2D eigenvalue weighted by Gasteiger charge is -2.28. The van der Waals surface area contributed by atoms with Crippen LogP contribution in [-0.2, 0) is 16.1 Å². The highest BCUT2D eigenvalue weighted by Crippen LogP contribution is 2.22. The van der Waals surface area contributed by atoms with Gasteiger partial charge in [-0.3, -0.25) is 9.69 Å². The summed E-state index contributed by atoms with van der Waals surface area (Å²) in [5, 5.41) is 1.05. The average molecular weight is 305 g/mol. The summed E-state index contributed by atoms with van der Waals surface area (Å²) in [6.45, 7) is 3.83. The Kier molecular flexibility index (Phi) is 4.48. The van der Waals surface area contributed by atoms with Crippen molar-refractivity contribution in [2.24, 2.45) is 0 Å². The van der Waals surface area contributed by atoms with Crippen molar-refractivity contribution >= 4 is 27.5 Å². The highest BCUT2D eigenvalue weighted by Gasteiger charge is 2.18. The van der Waals surface area contributed by atoms with Gasteiger partial charge in [0.15, 0.2) is 0 Å². The number of ether oxygens (including phenoxy) is 1. The van der Waals surface area contributed by atoms with Crippen LogP contribution in [0, 0.1) is 0 Å². The van der Waals surface area contributed by atoms with Crippen molar-refractivity contribution in [2.45, 2.75) is 6.54 Å². The molecule has 1 aromatic carbocycles. The minimum atomic E-state index is 0.168. The van der Waals surface area contributed by atoms with Crippen LogP contribution in [0.2, 0.25) is 0 Å². The Bertz CT molecular complexity index is 589. The fourth-order valence-electron chi connectivity index (χ4n) is 2.42. The minimum Gasteiger partial charge on any atom is -0.378 e. The van der Waals surface area contributed by atoms with E-state index in [1.807, 2.05) is 35.0 Å². The van der Waals surface area contributed by atoms with Crippen molar-refractivity contribution in [3.63, 3.8) is 0 Å². The van der Waals surface area contributed by atoms with E-state index in [2.05, 4.69) is 11.1 Å². The van der Waals surface area contributed by atoms with Crippen molar-refractivity contribution in [1.29, 1.82) is 0 Å². The summed E-state index contributed by atoms with van der Waals surface area (Å²) in [6, 6.07) is 8.12. The lowest BCUT2D eigenvalue weighted by atomic mass is 10.3. The topological polar surface area (TPSA) is 45.7 Å². The lowest BCUT2D eigenvalue weighted by molar-refractivity contribution is -0.136. The van der Waals surface area contributed by atoms with E-state index < -0.39 is 0 Å². The SMILES string of the molecule is CN(CC(=O)N1CCOCC1)Cc1nc2ccccc2s1. The first-order valence-corrected chi connectivity index (χ1v) is 7.92. The third-order valence-corrected chi connectivity index (χ3v) is 4.53. The van der Waals surface area contributed by atoms with Crippen LogP contribution in [-0.4, -0.2) is 60.6 Å². The van der Waals surface area contributed by atoms with E-state index in [0.717, 1.165) is 10.5 Å². The van der Waals surface area contributed by atoms with E-state index in [1.165, 1.54) is 4.70 Å². The molecule has 1 aliphatic heterocycles. The molecule has 112 valence electrons. The zero-order chi connectivity index (χ0) is 14.7. The Morgan fingerprint density at radius 1 is 1.38 bits per heavy atom. The predicted molar refractivity (Wildman–Crippen MR) is 83.4 cm³/mol. The summed E-state index contributed by atoms with van der Waals surface area (Å²) < 4.78 is 6.46. The number of aromatic nitrogens is 1. The van der Waals surface area contributed by atoms with Gasteiger partial charge in [0.05, 0.1) is 36.5 Å². The molecule has 0 unspecified atom stereocenters. The maximum Gasteiger partial charge on any atom is 0.236 e. The predicted octanol–water partition coefficient (Wildman–Crippen LogP) is 1.59. The van der Waals surface area contributed by atoms with Crippen molar-refractivity contribution < 1.29 is 9.53 Å². The maximum atomic E-state index is 12.2. The van der Waals surface area contributed by atoms with E-state index >= 15 is 0 Å². The molecule has 0 bridgehead atoms. The fourth-order valence-corrected chi connectivity index (χ4v) is 3.47. The number of likely N-dealkylation sites (N-methyl/N-ethyl adjacent to an activating group) is 1. The van der Waals surface area contributed by atoms with Crippen molar-refractivity contribution in [3.8, 4) is 0 Å². The normalized spacial score (nSPS) is 15.8. The first-order valence-electron chi connectivity index (χ1n) is 7.11. The number of morpholine rings is 1. The van der Waals surface area contributed by atoms with Crippen molar-refractivity contribution in [2.75, 3.05) is 39.9 Å². The third-order valence-electron chi connectivity index (χ3n) is 3.51. The molecule has 1 fully saturated rings. The van der Waals surface area contributed by atoms with Crippen molar-refractivity contribution in [1.82, 2.24) is 14.8 Å². The first kappa shape index (κ1) is 14.4. The van der Waals surface area contributed by atoms with Gasteiger partial charge < -0.3 is 9.64 Å². The van der Waals surface area contributed by atoms with Gasteiger partial charge in [0, 0.05) is 13.1 Å². The van der Waals surface area contributed by atoms with Crippen LogP contribution in [0.4, 0.5) is 0 Å². The molecular weight excluding hydrogens is 286 g/mol. The molecule has 1 aromatic heterocycles. The van der Waals surface area contributed by atoms with Gasteiger partial charge in [0.25, 0.3) is 0 Å². The third kappa shape index (κ3) is 3.58. The molecule has 1 aliphatic rings. The Balaban J connectivity index is 1.57. The number of thiazole rings is 1. The number of carbonyl (C=O) groups is 1. The van der Waals surface area contributed by atoms with Gasteiger partial charge in [0.1, 0.15) is 5.01 Å². The van der Waals surface area contributed by atoms with Gasteiger partial charge in [0.2, 0.25) is 5.91 Å². The second-order valence-corrected chi connectivity index (χ2v) is 6.36. The van der Waals surface area contributed by atoms with Crippen LogP contribution in [0.15, 0.2) is 24.3 Å². The van der Waals surface area contributed by atoms with Gasteiger partial charge in [-0.1, -0.05) is 12.1 Å². The van der Waals surface area contributed by atoms with Crippen LogP contribution < -0.4 is 0 Å². The molecule has 2 aromatic rings. The summed E-state index contributed by atoms with van der Waals surface area (Å²) in [7, 11) is 1.96. The summed E-state index contributed by atoms with van der Waals surface area (Å²) in [6.07, 6.45) is 0. The molecule has 5 nitrogen and oxygen atoms in total.